The molecule has 0 radical (unpaired) electrons. The molecular weight excluding hydrogens is 419 g/mol. The number of piperidine rings is 2. The zero-order valence-corrected chi connectivity index (χ0v) is 17.9. The van der Waals surface area contributed by atoms with Gasteiger partial charge in [0, 0.05) is 36.5 Å². The van der Waals surface area contributed by atoms with E-state index < -0.39 is 5.82 Å². The van der Waals surface area contributed by atoms with Gasteiger partial charge in [0.2, 0.25) is 0 Å². The first-order chi connectivity index (χ1) is 16.2. The standard InChI is InChI=1S/C25H23FN6O/c26-19-11-18(13-27-14-19)25(33)31-15-16-6-7-22(31)21(10-16)30-24-12-20(17-4-2-1-3-5-17)29-23-8-9-28-32(23)24/h1-5,8-9,11-14,16,21-22,30H,6-7,10,15H2. The first-order valence-corrected chi connectivity index (χ1v) is 11.2. The zero-order chi connectivity index (χ0) is 22.4. The minimum atomic E-state index is -0.496. The van der Waals surface area contributed by atoms with E-state index in [-0.39, 0.29) is 18.0 Å². The Bertz CT molecular complexity index is 1320. The molecule has 5 heterocycles. The molecule has 1 amide bonds. The number of nitrogens with one attached hydrogen (secondary N) is 1. The van der Waals surface area contributed by atoms with E-state index in [1.165, 1.54) is 12.3 Å². The van der Waals surface area contributed by atoms with Crippen LogP contribution in [0.15, 0.2) is 67.1 Å². The van der Waals surface area contributed by atoms with Gasteiger partial charge in [0.25, 0.3) is 5.91 Å². The number of benzene rings is 1. The Morgan fingerprint density at radius 1 is 1.09 bits per heavy atom. The summed E-state index contributed by atoms with van der Waals surface area (Å²) in [5.41, 5.74) is 2.96. The molecule has 3 aliphatic rings. The number of fused-ring (bicyclic) bond motifs is 4. The second kappa shape index (κ2) is 7.95. The molecule has 2 aliphatic heterocycles. The van der Waals surface area contributed by atoms with Crippen molar-refractivity contribution in [2.45, 2.75) is 31.3 Å². The molecule has 1 aliphatic carbocycles. The third kappa shape index (κ3) is 3.61. The number of carbonyl (C=O) groups is 1. The lowest BCUT2D eigenvalue weighted by molar-refractivity contribution is 0.0280. The Morgan fingerprint density at radius 3 is 2.79 bits per heavy atom. The molecule has 3 unspecified atom stereocenters. The molecule has 7 rings (SSSR count). The van der Waals surface area contributed by atoms with Crippen molar-refractivity contribution in [1.82, 2.24) is 24.5 Å². The van der Waals surface area contributed by atoms with Crippen LogP contribution in [-0.2, 0) is 0 Å². The number of anilines is 1. The number of nitrogens with zero attached hydrogens (tertiary/aromatic N) is 5. The molecule has 1 saturated carbocycles. The van der Waals surface area contributed by atoms with Gasteiger partial charge < -0.3 is 10.2 Å². The largest absolute Gasteiger partial charge is 0.365 e. The number of halogens is 1. The third-order valence-electron chi connectivity index (χ3n) is 6.75. The number of pyridine rings is 1. The van der Waals surface area contributed by atoms with Gasteiger partial charge >= 0.3 is 0 Å². The van der Waals surface area contributed by atoms with Crippen molar-refractivity contribution in [3.8, 4) is 11.3 Å². The number of amides is 1. The molecule has 1 aromatic carbocycles. The number of hydrogen-bond donors (Lipinski definition) is 1. The quantitative estimate of drug-likeness (QED) is 0.516. The van der Waals surface area contributed by atoms with Crippen LogP contribution in [0.3, 0.4) is 0 Å². The smallest absolute Gasteiger partial charge is 0.255 e. The lowest BCUT2D eigenvalue weighted by Gasteiger charge is -2.50. The summed E-state index contributed by atoms with van der Waals surface area (Å²) in [6.07, 6.45) is 7.28. The van der Waals surface area contributed by atoms with Crippen LogP contribution in [0, 0.1) is 11.7 Å². The summed E-state index contributed by atoms with van der Waals surface area (Å²) in [4.78, 5) is 23.7. The van der Waals surface area contributed by atoms with Gasteiger partial charge in [-0.15, -0.1) is 0 Å². The Balaban J connectivity index is 1.32. The summed E-state index contributed by atoms with van der Waals surface area (Å²) in [6.45, 7) is 0.695. The summed E-state index contributed by atoms with van der Waals surface area (Å²) >= 11 is 0. The van der Waals surface area contributed by atoms with Gasteiger partial charge in [0.15, 0.2) is 5.65 Å². The first kappa shape index (κ1) is 19.8. The molecule has 166 valence electrons. The van der Waals surface area contributed by atoms with Gasteiger partial charge in [0.05, 0.1) is 29.7 Å². The third-order valence-corrected chi connectivity index (χ3v) is 6.75. The topological polar surface area (TPSA) is 75.4 Å². The average molecular weight is 442 g/mol. The zero-order valence-electron chi connectivity index (χ0n) is 17.9. The Morgan fingerprint density at radius 2 is 1.97 bits per heavy atom. The van der Waals surface area contributed by atoms with Crippen molar-refractivity contribution in [2.75, 3.05) is 11.9 Å². The number of carbonyl (C=O) groups excluding carboxylic acids is 1. The summed E-state index contributed by atoms with van der Waals surface area (Å²) < 4.78 is 15.5. The molecule has 8 heteroatoms. The SMILES string of the molecule is O=C(c1cncc(F)c1)N1CC2CCC1C(Nc1cc(-c3ccccc3)nc3ccnn13)C2. The van der Waals surface area contributed by atoms with Crippen molar-refractivity contribution in [3.05, 3.63) is 78.5 Å². The van der Waals surface area contributed by atoms with Gasteiger partial charge in [-0.3, -0.25) is 9.78 Å². The van der Waals surface area contributed by atoms with E-state index in [1.807, 2.05) is 47.4 Å². The summed E-state index contributed by atoms with van der Waals surface area (Å²) in [5, 5.41) is 8.13. The second-order valence-electron chi connectivity index (χ2n) is 8.84. The predicted octanol–water partition coefficient (Wildman–Crippen LogP) is 4.04. The van der Waals surface area contributed by atoms with Crippen molar-refractivity contribution < 1.29 is 9.18 Å². The maximum atomic E-state index is 13.7. The van der Waals surface area contributed by atoms with Gasteiger partial charge in [-0.05, 0) is 31.2 Å². The maximum absolute atomic E-state index is 13.7. The number of hydrogen-bond acceptors (Lipinski definition) is 5. The van der Waals surface area contributed by atoms with E-state index in [0.29, 0.717) is 18.0 Å². The molecule has 4 aromatic rings. The van der Waals surface area contributed by atoms with Crippen molar-refractivity contribution in [3.63, 3.8) is 0 Å². The highest BCUT2D eigenvalue weighted by Gasteiger charge is 2.43. The van der Waals surface area contributed by atoms with Crippen LogP contribution in [0.25, 0.3) is 16.9 Å². The lowest BCUT2D eigenvalue weighted by Crippen LogP contribution is -2.59. The fourth-order valence-corrected chi connectivity index (χ4v) is 5.24. The molecule has 3 atom stereocenters. The van der Waals surface area contributed by atoms with E-state index in [9.17, 15) is 9.18 Å². The van der Waals surface area contributed by atoms with Crippen LogP contribution in [0.1, 0.15) is 29.6 Å². The monoisotopic (exact) mass is 442 g/mol. The molecule has 7 nitrogen and oxygen atoms in total. The van der Waals surface area contributed by atoms with E-state index in [2.05, 4.69) is 15.4 Å². The summed E-state index contributed by atoms with van der Waals surface area (Å²) in [6, 6.07) is 15.3. The molecule has 3 aromatic heterocycles. The lowest BCUT2D eigenvalue weighted by atomic mass is 9.76. The van der Waals surface area contributed by atoms with Crippen LogP contribution < -0.4 is 5.32 Å². The van der Waals surface area contributed by atoms with Crippen molar-refractivity contribution >= 4 is 17.4 Å². The minimum absolute atomic E-state index is 0.0183. The Hall–Kier alpha value is -3.81. The second-order valence-corrected chi connectivity index (χ2v) is 8.84. The predicted molar refractivity (Wildman–Crippen MR) is 122 cm³/mol. The van der Waals surface area contributed by atoms with E-state index in [0.717, 1.165) is 48.2 Å². The van der Waals surface area contributed by atoms with E-state index in [1.54, 1.807) is 10.7 Å². The maximum Gasteiger partial charge on any atom is 0.255 e. The van der Waals surface area contributed by atoms with E-state index in [4.69, 9.17) is 4.98 Å². The van der Waals surface area contributed by atoms with Gasteiger partial charge in [-0.25, -0.2) is 9.37 Å². The molecular formula is C25H23FN6O. The van der Waals surface area contributed by atoms with E-state index >= 15 is 0 Å². The normalized spacial score (nSPS) is 22.0. The van der Waals surface area contributed by atoms with Crippen LogP contribution >= 0.6 is 0 Å². The highest BCUT2D eigenvalue weighted by atomic mass is 19.1. The number of aromatic nitrogens is 4. The fraction of sp³-hybridized carbons (Fsp3) is 0.280. The van der Waals surface area contributed by atoms with Crippen LogP contribution in [0.2, 0.25) is 0 Å². The molecule has 3 fully saturated rings. The highest BCUT2D eigenvalue weighted by Crippen LogP contribution is 2.38. The Kier molecular flexibility index (Phi) is 4.78. The molecule has 1 N–H and O–H groups in total. The molecule has 2 bridgehead atoms. The Labute approximate surface area is 190 Å². The number of rotatable bonds is 4. The van der Waals surface area contributed by atoms with Crippen LogP contribution in [-0.4, -0.2) is 49.0 Å². The highest BCUT2D eigenvalue weighted by molar-refractivity contribution is 5.94. The fourth-order valence-electron chi connectivity index (χ4n) is 5.24. The average Bonchev–Trinajstić information content (AvgIpc) is 3.34. The molecule has 0 spiro atoms. The van der Waals surface area contributed by atoms with Crippen molar-refractivity contribution in [1.29, 1.82) is 0 Å². The van der Waals surface area contributed by atoms with Gasteiger partial charge in [-0.2, -0.15) is 9.61 Å². The molecule has 33 heavy (non-hydrogen) atoms. The van der Waals surface area contributed by atoms with Crippen molar-refractivity contribution in [2.24, 2.45) is 5.92 Å². The summed E-state index contributed by atoms with van der Waals surface area (Å²) in [7, 11) is 0. The van der Waals surface area contributed by atoms with Gasteiger partial charge in [0.1, 0.15) is 11.6 Å². The van der Waals surface area contributed by atoms with Gasteiger partial charge in [-0.1, -0.05) is 30.3 Å². The van der Waals surface area contributed by atoms with Crippen LogP contribution in [0.4, 0.5) is 10.2 Å². The molecule has 2 saturated heterocycles. The summed E-state index contributed by atoms with van der Waals surface area (Å²) in [5.74, 6) is 0.596. The first-order valence-electron chi connectivity index (χ1n) is 11.2. The van der Waals surface area contributed by atoms with Crippen LogP contribution in [0.5, 0.6) is 0 Å². The minimum Gasteiger partial charge on any atom is -0.365 e.